The Morgan fingerprint density at radius 3 is 1.88 bits per heavy atom. The number of benzene rings is 1. The fourth-order valence-electron chi connectivity index (χ4n) is 1.93. The zero-order valence-corrected chi connectivity index (χ0v) is 11.5. The van der Waals surface area contributed by atoms with Gasteiger partial charge in [-0.25, -0.2) is 0 Å². The molecule has 0 bridgehead atoms. The van der Waals surface area contributed by atoms with Crippen LogP contribution in [0.3, 0.4) is 0 Å². The number of hydrogen-bond acceptors (Lipinski definition) is 0. The second-order valence-corrected chi connectivity index (χ2v) is 4.36. The number of aryl methyl sites for hydroxylation is 1. The molecule has 0 spiro atoms. The zero-order chi connectivity index (χ0) is 12.8. The summed E-state index contributed by atoms with van der Waals surface area (Å²) in [6.07, 6.45) is 11.1. The summed E-state index contributed by atoms with van der Waals surface area (Å²) in [5, 5.41) is 0. The van der Waals surface area contributed by atoms with Crippen molar-refractivity contribution < 1.29 is 0 Å². The first-order valence-corrected chi connectivity index (χ1v) is 6.97. The van der Waals surface area contributed by atoms with Crippen molar-refractivity contribution in [3.63, 3.8) is 0 Å². The van der Waals surface area contributed by atoms with Crippen LogP contribution < -0.4 is 0 Å². The van der Waals surface area contributed by atoms with Gasteiger partial charge < -0.3 is 0 Å². The van der Waals surface area contributed by atoms with Crippen molar-refractivity contribution in [2.24, 2.45) is 0 Å². The number of unbranched alkanes of at least 4 members (excludes halogenated alkanes) is 6. The van der Waals surface area contributed by atoms with E-state index < -0.39 is 0 Å². The SMILES string of the molecule is C=C.CCCCCCCCCc1ccccc1. The van der Waals surface area contributed by atoms with E-state index in [1.54, 1.807) is 0 Å². The molecule has 0 saturated carbocycles. The molecule has 0 aliphatic rings. The van der Waals surface area contributed by atoms with E-state index >= 15 is 0 Å². The van der Waals surface area contributed by atoms with Gasteiger partial charge in [0, 0.05) is 0 Å². The molecule has 0 aromatic heterocycles. The van der Waals surface area contributed by atoms with Crippen LogP contribution in [-0.4, -0.2) is 0 Å². The molecular formula is C17H28. The Morgan fingerprint density at radius 2 is 1.29 bits per heavy atom. The van der Waals surface area contributed by atoms with E-state index in [4.69, 9.17) is 0 Å². The van der Waals surface area contributed by atoms with Crippen molar-refractivity contribution in [2.45, 2.75) is 58.3 Å². The van der Waals surface area contributed by atoms with E-state index in [9.17, 15) is 0 Å². The normalized spacial score (nSPS) is 9.47. The lowest BCUT2D eigenvalue weighted by atomic mass is 10.0. The minimum absolute atomic E-state index is 1.26. The quantitative estimate of drug-likeness (QED) is 0.393. The van der Waals surface area contributed by atoms with E-state index in [0.717, 1.165) is 0 Å². The van der Waals surface area contributed by atoms with E-state index in [2.05, 4.69) is 50.4 Å². The van der Waals surface area contributed by atoms with Crippen molar-refractivity contribution in [1.82, 2.24) is 0 Å². The van der Waals surface area contributed by atoms with Gasteiger partial charge in [-0.1, -0.05) is 75.8 Å². The molecule has 0 nitrogen and oxygen atoms in total. The van der Waals surface area contributed by atoms with Gasteiger partial charge in [-0.2, -0.15) is 0 Å². The van der Waals surface area contributed by atoms with Crippen LogP contribution in [0.25, 0.3) is 0 Å². The molecular weight excluding hydrogens is 204 g/mol. The first kappa shape index (κ1) is 16.0. The Bertz CT molecular complexity index is 237. The summed E-state index contributed by atoms with van der Waals surface area (Å²) in [4.78, 5) is 0. The molecule has 0 heterocycles. The van der Waals surface area contributed by atoms with E-state index in [-0.39, 0.29) is 0 Å². The van der Waals surface area contributed by atoms with Crippen LogP contribution in [0.15, 0.2) is 43.5 Å². The fraction of sp³-hybridized carbons (Fsp3) is 0.529. The van der Waals surface area contributed by atoms with E-state index in [1.165, 1.54) is 56.9 Å². The molecule has 0 unspecified atom stereocenters. The second-order valence-electron chi connectivity index (χ2n) is 4.36. The molecule has 0 atom stereocenters. The minimum Gasteiger partial charge on any atom is -0.106 e. The third-order valence-electron chi connectivity index (χ3n) is 2.91. The second kappa shape index (κ2) is 13.0. The Hall–Kier alpha value is -1.04. The summed E-state index contributed by atoms with van der Waals surface area (Å²) in [5.74, 6) is 0. The Balaban J connectivity index is 0.00000121. The highest BCUT2D eigenvalue weighted by Crippen LogP contribution is 2.10. The minimum atomic E-state index is 1.26. The maximum absolute atomic E-state index is 3.00. The van der Waals surface area contributed by atoms with Crippen LogP contribution in [0.2, 0.25) is 0 Å². The highest BCUT2D eigenvalue weighted by atomic mass is 14.0. The van der Waals surface area contributed by atoms with Gasteiger partial charge in [0.1, 0.15) is 0 Å². The molecule has 0 aliphatic carbocycles. The van der Waals surface area contributed by atoms with Crippen molar-refractivity contribution in [1.29, 1.82) is 0 Å². The predicted octanol–water partition coefficient (Wildman–Crippen LogP) is 5.78. The van der Waals surface area contributed by atoms with Crippen LogP contribution in [-0.2, 0) is 6.42 Å². The Kier molecular flexibility index (Phi) is 12.2. The summed E-state index contributed by atoms with van der Waals surface area (Å²) in [6, 6.07) is 10.8. The van der Waals surface area contributed by atoms with Crippen molar-refractivity contribution in [2.75, 3.05) is 0 Å². The molecule has 0 fully saturated rings. The van der Waals surface area contributed by atoms with Gasteiger partial charge in [0.25, 0.3) is 0 Å². The van der Waals surface area contributed by atoms with Crippen LogP contribution in [0.1, 0.15) is 57.4 Å². The van der Waals surface area contributed by atoms with Crippen molar-refractivity contribution >= 4 is 0 Å². The molecule has 1 rings (SSSR count). The Morgan fingerprint density at radius 1 is 0.765 bits per heavy atom. The third-order valence-corrected chi connectivity index (χ3v) is 2.91. The summed E-state index contributed by atoms with van der Waals surface area (Å²) >= 11 is 0. The van der Waals surface area contributed by atoms with Crippen LogP contribution in [0.5, 0.6) is 0 Å². The van der Waals surface area contributed by atoms with Gasteiger partial charge >= 0.3 is 0 Å². The summed E-state index contributed by atoms with van der Waals surface area (Å²) in [6.45, 7) is 8.27. The van der Waals surface area contributed by atoms with Gasteiger partial charge in [-0.15, -0.1) is 13.2 Å². The lowest BCUT2D eigenvalue weighted by molar-refractivity contribution is 0.589. The molecule has 0 saturated heterocycles. The van der Waals surface area contributed by atoms with Gasteiger partial charge in [-0.05, 0) is 18.4 Å². The van der Waals surface area contributed by atoms with Gasteiger partial charge in [0.15, 0.2) is 0 Å². The number of hydrogen-bond donors (Lipinski definition) is 0. The van der Waals surface area contributed by atoms with Gasteiger partial charge in [0.2, 0.25) is 0 Å². The molecule has 17 heavy (non-hydrogen) atoms. The maximum atomic E-state index is 3.00. The van der Waals surface area contributed by atoms with E-state index in [1.807, 2.05) is 0 Å². The summed E-state index contributed by atoms with van der Waals surface area (Å²) in [7, 11) is 0. The molecule has 0 heteroatoms. The lowest BCUT2D eigenvalue weighted by Gasteiger charge is -2.01. The molecule has 0 N–H and O–H groups in total. The molecule has 0 radical (unpaired) electrons. The molecule has 0 amide bonds. The average Bonchev–Trinajstić information content (AvgIpc) is 2.41. The highest BCUT2D eigenvalue weighted by Gasteiger charge is 1.92. The number of rotatable bonds is 8. The summed E-state index contributed by atoms with van der Waals surface area (Å²) in [5.41, 5.74) is 1.49. The van der Waals surface area contributed by atoms with Crippen molar-refractivity contribution in [3.05, 3.63) is 49.1 Å². The van der Waals surface area contributed by atoms with Gasteiger partial charge in [-0.3, -0.25) is 0 Å². The zero-order valence-electron chi connectivity index (χ0n) is 11.5. The maximum Gasteiger partial charge on any atom is -0.0279 e. The highest BCUT2D eigenvalue weighted by molar-refractivity contribution is 5.14. The molecule has 0 aliphatic heterocycles. The first-order chi connectivity index (χ1) is 8.43. The van der Waals surface area contributed by atoms with Crippen LogP contribution in [0, 0.1) is 0 Å². The molecule has 1 aromatic rings. The largest absolute Gasteiger partial charge is 0.106 e. The van der Waals surface area contributed by atoms with Crippen molar-refractivity contribution in [3.8, 4) is 0 Å². The van der Waals surface area contributed by atoms with E-state index in [0.29, 0.717) is 0 Å². The third kappa shape index (κ3) is 9.86. The lowest BCUT2D eigenvalue weighted by Crippen LogP contribution is -1.85. The monoisotopic (exact) mass is 232 g/mol. The molecule has 96 valence electrons. The predicted molar refractivity (Wildman–Crippen MR) is 79.4 cm³/mol. The summed E-state index contributed by atoms with van der Waals surface area (Å²) < 4.78 is 0. The van der Waals surface area contributed by atoms with Gasteiger partial charge in [0.05, 0.1) is 0 Å². The topological polar surface area (TPSA) is 0 Å². The Labute approximate surface area is 108 Å². The fourth-order valence-corrected chi connectivity index (χ4v) is 1.93. The first-order valence-electron chi connectivity index (χ1n) is 6.97. The standard InChI is InChI=1S/C15H24.C2H4/c1-2-3-4-5-6-7-9-12-15-13-10-8-11-14-15;1-2/h8,10-11,13-14H,2-7,9,12H2,1H3;1-2H2. The smallest absolute Gasteiger partial charge is 0.0279 e. The molecule has 1 aromatic carbocycles. The van der Waals surface area contributed by atoms with Crippen LogP contribution in [0.4, 0.5) is 0 Å². The van der Waals surface area contributed by atoms with Crippen LogP contribution >= 0.6 is 0 Å². The average molecular weight is 232 g/mol.